The predicted octanol–water partition coefficient (Wildman–Crippen LogP) is 2.81. The van der Waals surface area contributed by atoms with Crippen molar-refractivity contribution >= 4 is 30.2 Å². The molecule has 0 saturated carbocycles. The summed E-state index contributed by atoms with van der Waals surface area (Å²) in [5.41, 5.74) is 1.19. The Kier molecular flexibility index (Phi) is 6.98. The number of allylic oxidation sites excluding steroid dienone is 4. The molecule has 0 radical (unpaired) electrons. The lowest BCUT2D eigenvalue weighted by Gasteiger charge is -1.97. The van der Waals surface area contributed by atoms with Gasteiger partial charge in [0.05, 0.1) is 0 Å². The topological polar surface area (TPSA) is 0 Å². The molecule has 0 aromatic heterocycles. The quantitative estimate of drug-likeness (QED) is 0.469. The van der Waals surface area contributed by atoms with Crippen LogP contribution in [0.25, 0.3) is 0 Å². The summed E-state index contributed by atoms with van der Waals surface area (Å²) in [6.45, 7) is 0. The summed E-state index contributed by atoms with van der Waals surface area (Å²) < 4.78 is 0. The molecule has 0 spiro atoms. The molecule has 1 aliphatic carbocycles. The zero-order valence-electron chi connectivity index (χ0n) is 6.08. The van der Waals surface area contributed by atoms with Gasteiger partial charge in [0.25, 0.3) is 0 Å². The van der Waals surface area contributed by atoms with E-state index in [2.05, 4.69) is 30.9 Å². The number of thiol groups is 1. The van der Waals surface area contributed by atoms with E-state index in [0.29, 0.717) is 0 Å². The summed E-state index contributed by atoms with van der Waals surface area (Å²) in [5.74, 6) is 0. The van der Waals surface area contributed by atoms with E-state index in [4.69, 9.17) is 12.2 Å². The van der Waals surface area contributed by atoms with Crippen LogP contribution >= 0.6 is 24.8 Å². The van der Waals surface area contributed by atoms with Gasteiger partial charge in [0.15, 0.2) is 0 Å². The molecule has 0 amide bonds. The molecule has 0 heterocycles. The third-order valence-corrected chi connectivity index (χ3v) is 1.43. The van der Waals surface area contributed by atoms with Crippen LogP contribution in [0.4, 0.5) is 0 Å². The van der Waals surface area contributed by atoms with E-state index in [9.17, 15) is 0 Å². The zero-order chi connectivity index (χ0) is 7.82. The third kappa shape index (κ3) is 3.85. The van der Waals surface area contributed by atoms with Crippen LogP contribution in [-0.4, -0.2) is 11.6 Å². The van der Waals surface area contributed by atoms with Crippen molar-refractivity contribution in [3.05, 3.63) is 23.8 Å². The highest BCUT2D eigenvalue weighted by atomic mass is 32.1. The van der Waals surface area contributed by atoms with Crippen molar-refractivity contribution in [1.82, 2.24) is 0 Å². The molecule has 56 valence electrons. The van der Waals surface area contributed by atoms with Gasteiger partial charge in [-0.2, -0.15) is 12.6 Å². The number of hydrogen-bond donors (Lipinski definition) is 1. The Hall–Kier alpha value is -0.0800. The van der Waals surface area contributed by atoms with E-state index >= 15 is 0 Å². The van der Waals surface area contributed by atoms with E-state index in [0.717, 1.165) is 6.42 Å². The lowest BCUT2D eigenvalue weighted by atomic mass is 10.1. The average molecular weight is 172 g/mol. The van der Waals surface area contributed by atoms with Crippen LogP contribution in [0, 0.1) is 0 Å². The Morgan fingerprint density at radius 2 is 2.20 bits per heavy atom. The zero-order valence-corrected chi connectivity index (χ0v) is 7.79. The third-order valence-electron chi connectivity index (χ3n) is 1.16. The summed E-state index contributed by atoms with van der Waals surface area (Å²) >= 11 is 8.26. The Labute approximate surface area is 73.4 Å². The van der Waals surface area contributed by atoms with E-state index in [1.807, 2.05) is 0 Å². The second-order valence-electron chi connectivity index (χ2n) is 1.80. The smallest absolute Gasteiger partial charge is 0.00827 e. The molecule has 1 aliphatic rings. The van der Waals surface area contributed by atoms with Crippen molar-refractivity contribution in [3.8, 4) is 0 Å². The second kappa shape index (κ2) is 7.03. The minimum Gasteiger partial charge on any atom is -0.183 e. The molecule has 0 nitrogen and oxygen atoms in total. The van der Waals surface area contributed by atoms with Gasteiger partial charge in [-0.15, -0.1) is 0 Å². The molecule has 0 saturated heterocycles. The highest BCUT2D eigenvalue weighted by Gasteiger charge is 1.89. The van der Waals surface area contributed by atoms with Gasteiger partial charge >= 0.3 is 0 Å². The SMILES string of the molecule is CS.S=CC1=CCCC=C1. The van der Waals surface area contributed by atoms with Crippen molar-refractivity contribution < 1.29 is 0 Å². The molecule has 10 heavy (non-hydrogen) atoms. The minimum absolute atomic E-state index is 1.15. The Balaban J connectivity index is 0.000000371. The van der Waals surface area contributed by atoms with Crippen LogP contribution in [0.3, 0.4) is 0 Å². The molecule has 0 aromatic carbocycles. The fourth-order valence-corrected chi connectivity index (χ4v) is 0.896. The second-order valence-corrected chi connectivity index (χ2v) is 2.04. The molecule has 0 unspecified atom stereocenters. The number of rotatable bonds is 1. The molecular weight excluding hydrogens is 160 g/mol. The first-order valence-electron chi connectivity index (χ1n) is 3.20. The van der Waals surface area contributed by atoms with Gasteiger partial charge in [0, 0.05) is 5.37 Å². The van der Waals surface area contributed by atoms with Gasteiger partial charge in [-0.3, -0.25) is 0 Å². The van der Waals surface area contributed by atoms with E-state index < -0.39 is 0 Å². The molecule has 0 bridgehead atoms. The van der Waals surface area contributed by atoms with Crippen LogP contribution in [0.15, 0.2) is 23.8 Å². The number of thiocarbonyl (C=S) groups is 1. The Bertz CT molecular complexity index is 145. The maximum Gasteiger partial charge on any atom is 0.00827 e. The standard InChI is InChI=1S/C7H8S.CH4S/c8-6-7-4-2-1-3-5-7;1-2/h2,4-6H,1,3H2;2H,1H3. The molecule has 0 fully saturated rings. The summed E-state index contributed by atoms with van der Waals surface area (Å²) in [6.07, 6.45) is 10.4. The monoisotopic (exact) mass is 172 g/mol. The van der Waals surface area contributed by atoms with Gasteiger partial charge in [0.2, 0.25) is 0 Å². The Morgan fingerprint density at radius 1 is 1.50 bits per heavy atom. The summed E-state index contributed by atoms with van der Waals surface area (Å²) in [5, 5.41) is 1.72. The number of hydrogen-bond acceptors (Lipinski definition) is 2. The molecule has 2 heteroatoms. The molecular formula is C8H12S2. The summed E-state index contributed by atoms with van der Waals surface area (Å²) in [6, 6.07) is 0. The first-order valence-corrected chi connectivity index (χ1v) is 4.56. The van der Waals surface area contributed by atoms with Crippen molar-refractivity contribution in [1.29, 1.82) is 0 Å². The van der Waals surface area contributed by atoms with Crippen molar-refractivity contribution in [2.45, 2.75) is 12.8 Å². The van der Waals surface area contributed by atoms with E-state index in [1.54, 1.807) is 11.6 Å². The maximum atomic E-state index is 4.73. The molecule has 0 aliphatic heterocycles. The largest absolute Gasteiger partial charge is 0.183 e. The first kappa shape index (κ1) is 9.92. The molecule has 0 aromatic rings. The van der Waals surface area contributed by atoms with Gasteiger partial charge in [-0.05, 0) is 24.7 Å². The highest BCUT2D eigenvalue weighted by molar-refractivity contribution is 7.79. The average Bonchev–Trinajstić information content (AvgIpc) is 2.10. The van der Waals surface area contributed by atoms with E-state index in [1.165, 1.54) is 12.0 Å². The normalized spacial score (nSPS) is 14.8. The Morgan fingerprint density at radius 3 is 2.50 bits per heavy atom. The van der Waals surface area contributed by atoms with Gasteiger partial charge in [-0.25, -0.2) is 0 Å². The van der Waals surface area contributed by atoms with Gasteiger partial charge < -0.3 is 0 Å². The van der Waals surface area contributed by atoms with Crippen molar-refractivity contribution in [3.63, 3.8) is 0 Å². The summed E-state index contributed by atoms with van der Waals surface area (Å²) in [7, 11) is 0. The minimum atomic E-state index is 1.15. The van der Waals surface area contributed by atoms with Crippen LogP contribution in [0.5, 0.6) is 0 Å². The van der Waals surface area contributed by atoms with Crippen molar-refractivity contribution in [2.24, 2.45) is 0 Å². The highest BCUT2D eigenvalue weighted by Crippen LogP contribution is 2.06. The molecule has 0 N–H and O–H groups in total. The lowest BCUT2D eigenvalue weighted by Crippen LogP contribution is -1.82. The molecule has 1 rings (SSSR count). The van der Waals surface area contributed by atoms with Crippen molar-refractivity contribution in [2.75, 3.05) is 6.26 Å². The maximum absolute atomic E-state index is 4.73. The lowest BCUT2D eigenvalue weighted by molar-refractivity contribution is 1.03. The fourth-order valence-electron chi connectivity index (χ4n) is 0.721. The van der Waals surface area contributed by atoms with Crippen LogP contribution in [-0.2, 0) is 0 Å². The van der Waals surface area contributed by atoms with Crippen LogP contribution in [0.1, 0.15) is 12.8 Å². The van der Waals surface area contributed by atoms with E-state index in [-0.39, 0.29) is 0 Å². The molecule has 0 atom stereocenters. The van der Waals surface area contributed by atoms with Gasteiger partial charge in [0.1, 0.15) is 0 Å². The van der Waals surface area contributed by atoms with Crippen LogP contribution < -0.4 is 0 Å². The van der Waals surface area contributed by atoms with Gasteiger partial charge in [-0.1, -0.05) is 30.4 Å². The van der Waals surface area contributed by atoms with Crippen LogP contribution in [0.2, 0.25) is 0 Å². The fraction of sp³-hybridized carbons (Fsp3) is 0.375. The summed E-state index contributed by atoms with van der Waals surface area (Å²) in [4.78, 5) is 0. The predicted molar refractivity (Wildman–Crippen MR) is 55.0 cm³/mol. The first-order chi connectivity index (χ1) is 4.93.